The molecule has 7 heteroatoms. The quantitative estimate of drug-likeness (QED) is 0.451. The number of benzene rings is 1. The molecular formula is C17H14N4O3. The van der Waals surface area contributed by atoms with Gasteiger partial charge in [-0.25, -0.2) is 19.2 Å². The highest BCUT2D eigenvalue weighted by molar-refractivity contribution is 6.04. The number of carbonyl (C=O) groups excluding carboxylic acids is 1. The second-order valence-electron chi connectivity index (χ2n) is 5.52. The first-order chi connectivity index (χ1) is 11.6. The first-order valence-corrected chi connectivity index (χ1v) is 7.56. The predicted molar refractivity (Wildman–Crippen MR) is 89.3 cm³/mol. The molecule has 0 radical (unpaired) electrons. The van der Waals surface area contributed by atoms with Gasteiger partial charge in [-0.15, -0.1) is 0 Å². The second kappa shape index (κ2) is 5.16. The van der Waals surface area contributed by atoms with Gasteiger partial charge in [0.1, 0.15) is 6.33 Å². The van der Waals surface area contributed by atoms with Crippen LogP contribution in [0, 0.1) is 6.92 Å². The van der Waals surface area contributed by atoms with Gasteiger partial charge in [-0.2, -0.15) is 0 Å². The Labute approximate surface area is 135 Å². The lowest BCUT2D eigenvalue weighted by Crippen LogP contribution is -2.15. The van der Waals surface area contributed by atoms with Crippen LogP contribution in [0.4, 0.5) is 0 Å². The second-order valence-corrected chi connectivity index (χ2v) is 5.52. The number of carbonyl (C=O) groups is 1. The van der Waals surface area contributed by atoms with E-state index in [-0.39, 0.29) is 23.5 Å². The fourth-order valence-electron chi connectivity index (χ4n) is 2.80. The Morgan fingerprint density at radius 3 is 2.96 bits per heavy atom. The number of ether oxygens (including phenoxy) is 1. The van der Waals surface area contributed by atoms with Gasteiger partial charge in [-0.3, -0.25) is 4.79 Å². The van der Waals surface area contributed by atoms with E-state index < -0.39 is 5.97 Å². The number of aromatic amines is 1. The highest BCUT2D eigenvalue weighted by Crippen LogP contribution is 2.22. The third-order valence-corrected chi connectivity index (χ3v) is 3.94. The summed E-state index contributed by atoms with van der Waals surface area (Å²) in [7, 11) is 0. The molecule has 0 bridgehead atoms. The highest BCUT2D eigenvalue weighted by Gasteiger charge is 2.19. The standard InChI is InChI=1S/C17H14N4O3/c1-3-24-17(23)14-15-20-13-10-6-9(2)4-5-12(10)18-7-11(13)16(22)21(15)8-19-14/h4-8,18H,3H2,1-2H3. The molecule has 1 aromatic carbocycles. The number of rotatable bonds is 2. The first kappa shape index (κ1) is 14.4. The van der Waals surface area contributed by atoms with E-state index in [1.807, 2.05) is 25.1 Å². The van der Waals surface area contributed by atoms with Crippen molar-refractivity contribution in [1.29, 1.82) is 0 Å². The van der Waals surface area contributed by atoms with Crippen molar-refractivity contribution in [2.45, 2.75) is 13.8 Å². The summed E-state index contributed by atoms with van der Waals surface area (Å²) in [5.41, 5.74) is 2.43. The average molecular weight is 322 g/mol. The monoisotopic (exact) mass is 322 g/mol. The van der Waals surface area contributed by atoms with E-state index in [1.165, 1.54) is 10.7 Å². The molecular weight excluding hydrogens is 308 g/mol. The summed E-state index contributed by atoms with van der Waals surface area (Å²) in [5.74, 6) is -0.589. The van der Waals surface area contributed by atoms with Gasteiger partial charge < -0.3 is 9.72 Å². The third-order valence-electron chi connectivity index (χ3n) is 3.94. The summed E-state index contributed by atoms with van der Waals surface area (Å²) in [6.07, 6.45) is 2.93. The van der Waals surface area contributed by atoms with Crippen LogP contribution in [0.1, 0.15) is 23.0 Å². The van der Waals surface area contributed by atoms with E-state index in [0.29, 0.717) is 10.9 Å². The fourth-order valence-corrected chi connectivity index (χ4v) is 2.80. The highest BCUT2D eigenvalue weighted by atomic mass is 16.5. The Morgan fingerprint density at radius 2 is 2.17 bits per heavy atom. The van der Waals surface area contributed by atoms with Gasteiger partial charge in [0.15, 0.2) is 11.3 Å². The van der Waals surface area contributed by atoms with Crippen molar-refractivity contribution < 1.29 is 9.53 Å². The topological polar surface area (TPSA) is 89.3 Å². The van der Waals surface area contributed by atoms with Gasteiger partial charge in [0.25, 0.3) is 5.56 Å². The van der Waals surface area contributed by atoms with E-state index in [0.717, 1.165) is 16.5 Å². The molecule has 0 spiro atoms. The van der Waals surface area contributed by atoms with E-state index in [4.69, 9.17) is 4.74 Å². The minimum absolute atomic E-state index is 0.0458. The van der Waals surface area contributed by atoms with Crippen LogP contribution in [-0.4, -0.2) is 31.9 Å². The number of pyridine rings is 1. The van der Waals surface area contributed by atoms with E-state index in [2.05, 4.69) is 15.0 Å². The van der Waals surface area contributed by atoms with Crippen molar-refractivity contribution in [1.82, 2.24) is 19.4 Å². The predicted octanol–water partition coefficient (Wildman–Crippen LogP) is 2.21. The molecule has 0 aliphatic rings. The number of hydrogen-bond acceptors (Lipinski definition) is 5. The lowest BCUT2D eigenvalue weighted by Gasteiger charge is -2.05. The van der Waals surface area contributed by atoms with Gasteiger partial charge in [0.05, 0.1) is 17.5 Å². The molecule has 120 valence electrons. The van der Waals surface area contributed by atoms with Gasteiger partial charge in [0, 0.05) is 17.1 Å². The van der Waals surface area contributed by atoms with E-state index in [1.54, 1.807) is 13.1 Å². The minimum Gasteiger partial charge on any atom is -0.461 e. The average Bonchev–Trinajstić information content (AvgIpc) is 2.99. The van der Waals surface area contributed by atoms with Crippen LogP contribution in [-0.2, 0) is 4.74 Å². The van der Waals surface area contributed by atoms with Gasteiger partial charge in [-0.1, -0.05) is 11.6 Å². The zero-order valence-corrected chi connectivity index (χ0v) is 13.2. The summed E-state index contributed by atoms with van der Waals surface area (Å²) in [4.78, 5) is 36.4. The smallest absolute Gasteiger partial charge is 0.360 e. The number of aryl methyl sites for hydroxylation is 1. The number of nitrogens with zero attached hydrogens (tertiary/aromatic N) is 3. The normalized spacial score (nSPS) is 11.4. The lowest BCUT2D eigenvalue weighted by molar-refractivity contribution is 0.0522. The molecule has 0 unspecified atom stereocenters. The molecule has 4 rings (SSSR count). The Kier molecular flexibility index (Phi) is 3.09. The molecule has 0 fully saturated rings. The van der Waals surface area contributed by atoms with Crippen LogP contribution in [0.3, 0.4) is 0 Å². The molecule has 1 N–H and O–H groups in total. The van der Waals surface area contributed by atoms with E-state index >= 15 is 0 Å². The Bertz CT molecular complexity index is 1170. The number of fused-ring (bicyclic) bond motifs is 4. The third kappa shape index (κ3) is 1.98. The van der Waals surface area contributed by atoms with Crippen molar-refractivity contribution in [2.75, 3.05) is 6.61 Å². The lowest BCUT2D eigenvalue weighted by atomic mass is 10.1. The number of esters is 1. The Balaban J connectivity index is 2.15. The maximum atomic E-state index is 12.7. The SMILES string of the molecule is CCOC(=O)c1ncn2c(=O)c3c[nH]c4ccc(C)cc4c3nc12. The van der Waals surface area contributed by atoms with E-state index in [9.17, 15) is 9.59 Å². The van der Waals surface area contributed by atoms with Crippen LogP contribution in [0.25, 0.3) is 27.5 Å². The van der Waals surface area contributed by atoms with Crippen LogP contribution in [0.5, 0.6) is 0 Å². The Morgan fingerprint density at radius 1 is 1.33 bits per heavy atom. The fraction of sp³-hybridized carbons (Fsp3) is 0.176. The van der Waals surface area contributed by atoms with Crippen LogP contribution in [0.15, 0.2) is 35.5 Å². The van der Waals surface area contributed by atoms with Crippen molar-refractivity contribution in [3.63, 3.8) is 0 Å². The summed E-state index contributed by atoms with van der Waals surface area (Å²) in [6, 6.07) is 5.87. The van der Waals surface area contributed by atoms with Gasteiger partial charge in [-0.05, 0) is 26.0 Å². The zero-order valence-electron chi connectivity index (χ0n) is 13.2. The van der Waals surface area contributed by atoms with Crippen LogP contribution in [0.2, 0.25) is 0 Å². The molecule has 0 amide bonds. The molecule has 0 saturated carbocycles. The first-order valence-electron chi connectivity index (χ1n) is 7.56. The van der Waals surface area contributed by atoms with Crippen molar-refractivity contribution in [2.24, 2.45) is 0 Å². The van der Waals surface area contributed by atoms with Crippen LogP contribution < -0.4 is 5.56 Å². The van der Waals surface area contributed by atoms with Gasteiger partial charge >= 0.3 is 5.97 Å². The summed E-state index contributed by atoms with van der Waals surface area (Å²) in [6.45, 7) is 3.91. The molecule has 3 heterocycles. The van der Waals surface area contributed by atoms with Crippen molar-refractivity contribution in [3.8, 4) is 0 Å². The van der Waals surface area contributed by atoms with Gasteiger partial charge in [0.2, 0.25) is 0 Å². The minimum atomic E-state index is -0.589. The summed E-state index contributed by atoms with van der Waals surface area (Å²) >= 11 is 0. The number of nitrogens with one attached hydrogen (secondary N) is 1. The largest absolute Gasteiger partial charge is 0.461 e. The van der Waals surface area contributed by atoms with Crippen molar-refractivity contribution in [3.05, 3.63) is 52.3 Å². The summed E-state index contributed by atoms with van der Waals surface area (Å²) in [5, 5.41) is 1.26. The summed E-state index contributed by atoms with van der Waals surface area (Å²) < 4.78 is 6.26. The maximum Gasteiger partial charge on any atom is 0.360 e. The number of hydrogen-bond donors (Lipinski definition) is 1. The van der Waals surface area contributed by atoms with Crippen molar-refractivity contribution >= 4 is 33.4 Å². The molecule has 4 aromatic rings. The number of imidazole rings is 1. The molecule has 24 heavy (non-hydrogen) atoms. The molecule has 0 saturated heterocycles. The molecule has 0 aliphatic heterocycles. The zero-order chi connectivity index (χ0) is 16.8. The Hall–Kier alpha value is -3.22. The molecule has 0 atom stereocenters. The number of aromatic nitrogens is 4. The molecule has 0 aliphatic carbocycles. The number of H-pyrrole nitrogens is 1. The molecule has 7 nitrogen and oxygen atoms in total. The maximum absolute atomic E-state index is 12.7. The molecule has 3 aromatic heterocycles. The van der Waals surface area contributed by atoms with Crippen LogP contribution >= 0.6 is 0 Å².